The van der Waals surface area contributed by atoms with Crippen molar-refractivity contribution in [3.05, 3.63) is 52.3 Å². The Hall–Kier alpha value is -1.13. The summed E-state index contributed by atoms with van der Waals surface area (Å²) in [6.45, 7) is 2.94. The van der Waals surface area contributed by atoms with Crippen LogP contribution in [0.1, 0.15) is 24.2 Å². The van der Waals surface area contributed by atoms with Gasteiger partial charge in [0.25, 0.3) is 0 Å². The van der Waals surface area contributed by atoms with Gasteiger partial charge in [0.05, 0.1) is 5.69 Å². The first-order valence-electron chi connectivity index (χ1n) is 5.62. The van der Waals surface area contributed by atoms with Gasteiger partial charge in [-0.3, -0.25) is 4.68 Å². The van der Waals surface area contributed by atoms with E-state index in [1.54, 1.807) is 0 Å². The van der Waals surface area contributed by atoms with Crippen LogP contribution in [0.4, 0.5) is 0 Å². The average molecular weight is 294 g/mol. The Morgan fingerprint density at radius 2 is 2.24 bits per heavy atom. The number of hydrogen-bond donors (Lipinski definition) is 1. The molecule has 3 nitrogen and oxygen atoms in total. The van der Waals surface area contributed by atoms with Crippen LogP contribution in [-0.4, -0.2) is 9.78 Å². The number of nitrogens with one attached hydrogen (secondary N) is 1. The Bertz CT molecular complexity index is 493. The second-order valence-corrected chi connectivity index (χ2v) is 5.05. The summed E-state index contributed by atoms with van der Waals surface area (Å²) in [5, 5.41) is 7.80. The number of benzene rings is 1. The topological polar surface area (TPSA) is 29.9 Å². The molecular formula is C13H16BrN3. The van der Waals surface area contributed by atoms with E-state index in [0.717, 1.165) is 16.7 Å². The first-order chi connectivity index (χ1) is 8.15. The van der Waals surface area contributed by atoms with Gasteiger partial charge in [0.2, 0.25) is 0 Å². The summed E-state index contributed by atoms with van der Waals surface area (Å²) < 4.78 is 2.93. The Labute approximate surface area is 110 Å². The molecule has 2 rings (SSSR count). The number of hydrogen-bond acceptors (Lipinski definition) is 2. The molecule has 4 heteroatoms. The zero-order valence-corrected chi connectivity index (χ0v) is 11.6. The van der Waals surface area contributed by atoms with Gasteiger partial charge < -0.3 is 5.32 Å². The largest absolute Gasteiger partial charge is 0.304 e. The lowest BCUT2D eigenvalue weighted by molar-refractivity contribution is 0.561. The molecule has 1 aromatic carbocycles. The van der Waals surface area contributed by atoms with E-state index in [4.69, 9.17) is 0 Å². The van der Waals surface area contributed by atoms with Crippen LogP contribution in [0, 0.1) is 0 Å². The molecule has 0 fully saturated rings. The van der Waals surface area contributed by atoms with Gasteiger partial charge in [-0.1, -0.05) is 28.1 Å². The van der Waals surface area contributed by atoms with Gasteiger partial charge in [0.15, 0.2) is 0 Å². The Morgan fingerprint density at radius 3 is 2.88 bits per heavy atom. The quantitative estimate of drug-likeness (QED) is 0.939. The maximum absolute atomic E-state index is 4.34. The van der Waals surface area contributed by atoms with Crippen molar-refractivity contribution < 1.29 is 0 Å². The van der Waals surface area contributed by atoms with Crippen molar-refractivity contribution in [2.45, 2.75) is 19.5 Å². The molecule has 0 saturated carbocycles. The minimum atomic E-state index is 0.314. The third-order valence-corrected chi connectivity index (χ3v) is 3.20. The number of aryl methyl sites for hydroxylation is 1. The molecule has 1 N–H and O–H groups in total. The molecule has 0 aliphatic rings. The van der Waals surface area contributed by atoms with Gasteiger partial charge >= 0.3 is 0 Å². The first kappa shape index (κ1) is 12.3. The standard InChI is InChI=1S/C13H16BrN3/c1-10(11-4-3-5-12(14)8-11)15-9-13-6-7-17(2)16-13/h3-8,10,15H,9H2,1-2H3. The van der Waals surface area contributed by atoms with Crippen LogP contribution >= 0.6 is 15.9 Å². The van der Waals surface area contributed by atoms with Gasteiger partial charge in [-0.25, -0.2) is 0 Å². The Balaban J connectivity index is 1.95. The number of nitrogens with zero attached hydrogens (tertiary/aromatic N) is 2. The van der Waals surface area contributed by atoms with Gasteiger partial charge in [-0.05, 0) is 30.7 Å². The first-order valence-corrected chi connectivity index (χ1v) is 6.42. The molecule has 1 heterocycles. The maximum Gasteiger partial charge on any atom is 0.0762 e. The van der Waals surface area contributed by atoms with Gasteiger partial charge in [0.1, 0.15) is 0 Å². The van der Waals surface area contributed by atoms with Crippen molar-refractivity contribution in [2.75, 3.05) is 0 Å². The van der Waals surface area contributed by atoms with Crippen LogP contribution in [-0.2, 0) is 13.6 Å². The zero-order chi connectivity index (χ0) is 12.3. The maximum atomic E-state index is 4.34. The SMILES string of the molecule is CC(NCc1ccn(C)n1)c1cccc(Br)c1. The molecule has 0 radical (unpaired) electrons. The minimum absolute atomic E-state index is 0.314. The van der Waals surface area contributed by atoms with Crippen LogP contribution in [0.2, 0.25) is 0 Å². The minimum Gasteiger partial charge on any atom is -0.304 e. The summed E-state index contributed by atoms with van der Waals surface area (Å²) in [5.41, 5.74) is 2.34. The fraction of sp³-hybridized carbons (Fsp3) is 0.308. The van der Waals surface area contributed by atoms with Crippen molar-refractivity contribution in [3.8, 4) is 0 Å². The van der Waals surface area contributed by atoms with Crippen LogP contribution in [0.5, 0.6) is 0 Å². The summed E-state index contributed by atoms with van der Waals surface area (Å²) >= 11 is 3.49. The van der Waals surface area contributed by atoms with Crippen LogP contribution < -0.4 is 5.32 Å². The fourth-order valence-electron chi connectivity index (χ4n) is 1.71. The zero-order valence-electron chi connectivity index (χ0n) is 10.0. The van der Waals surface area contributed by atoms with Crippen molar-refractivity contribution in [1.82, 2.24) is 15.1 Å². The lowest BCUT2D eigenvalue weighted by Gasteiger charge is -2.13. The molecule has 1 unspecified atom stereocenters. The number of halogens is 1. The highest BCUT2D eigenvalue weighted by molar-refractivity contribution is 9.10. The molecule has 0 saturated heterocycles. The fourth-order valence-corrected chi connectivity index (χ4v) is 2.13. The monoisotopic (exact) mass is 293 g/mol. The average Bonchev–Trinajstić information content (AvgIpc) is 2.72. The summed E-state index contributed by atoms with van der Waals surface area (Å²) in [7, 11) is 1.93. The molecule has 2 aromatic rings. The summed E-state index contributed by atoms with van der Waals surface area (Å²) in [5.74, 6) is 0. The van der Waals surface area contributed by atoms with Gasteiger partial charge in [-0.2, -0.15) is 5.10 Å². The van der Waals surface area contributed by atoms with E-state index in [-0.39, 0.29) is 0 Å². The number of aromatic nitrogens is 2. The van der Waals surface area contributed by atoms with E-state index in [1.807, 2.05) is 30.1 Å². The van der Waals surface area contributed by atoms with Crippen LogP contribution in [0.25, 0.3) is 0 Å². The molecule has 0 spiro atoms. The van der Waals surface area contributed by atoms with E-state index in [0.29, 0.717) is 6.04 Å². The smallest absolute Gasteiger partial charge is 0.0762 e. The predicted octanol–water partition coefficient (Wildman–Crippen LogP) is 3.03. The van der Waals surface area contributed by atoms with E-state index in [9.17, 15) is 0 Å². The molecule has 0 aliphatic heterocycles. The normalized spacial score (nSPS) is 12.6. The van der Waals surface area contributed by atoms with Crippen molar-refractivity contribution in [3.63, 3.8) is 0 Å². The second kappa shape index (κ2) is 5.47. The highest BCUT2D eigenvalue weighted by Crippen LogP contribution is 2.18. The molecule has 0 amide bonds. The van der Waals surface area contributed by atoms with Crippen LogP contribution in [0.15, 0.2) is 41.0 Å². The van der Waals surface area contributed by atoms with Gasteiger partial charge in [0, 0.05) is 30.3 Å². The molecule has 0 bridgehead atoms. The Kier molecular flexibility index (Phi) is 3.97. The third-order valence-electron chi connectivity index (χ3n) is 2.71. The lowest BCUT2D eigenvalue weighted by Crippen LogP contribution is -2.18. The Morgan fingerprint density at radius 1 is 1.41 bits per heavy atom. The number of rotatable bonds is 4. The summed E-state index contributed by atoms with van der Waals surface area (Å²) in [6, 6.07) is 10.7. The summed E-state index contributed by atoms with van der Waals surface area (Å²) in [4.78, 5) is 0. The van der Waals surface area contributed by atoms with Crippen molar-refractivity contribution >= 4 is 15.9 Å². The third kappa shape index (κ3) is 3.41. The van der Waals surface area contributed by atoms with E-state index >= 15 is 0 Å². The van der Waals surface area contributed by atoms with E-state index < -0.39 is 0 Å². The van der Waals surface area contributed by atoms with Crippen molar-refractivity contribution in [1.29, 1.82) is 0 Å². The second-order valence-electron chi connectivity index (χ2n) is 4.14. The van der Waals surface area contributed by atoms with Crippen molar-refractivity contribution in [2.24, 2.45) is 7.05 Å². The summed E-state index contributed by atoms with van der Waals surface area (Å²) in [6.07, 6.45) is 1.96. The van der Waals surface area contributed by atoms with Crippen LogP contribution in [0.3, 0.4) is 0 Å². The molecule has 1 atom stereocenters. The molecule has 1 aromatic heterocycles. The molecule has 17 heavy (non-hydrogen) atoms. The molecule has 90 valence electrons. The van der Waals surface area contributed by atoms with Gasteiger partial charge in [-0.15, -0.1) is 0 Å². The lowest BCUT2D eigenvalue weighted by atomic mass is 10.1. The molecular weight excluding hydrogens is 278 g/mol. The van der Waals surface area contributed by atoms with E-state index in [2.05, 4.69) is 51.5 Å². The highest BCUT2D eigenvalue weighted by atomic mass is 79.9. The van der Waals surface area contributed by atoms with E-state index in [1.165, 1.54) is 5.56 Å². The highest BCUT2D eigenvalue weighted by Gasteiger charge is 2.05. The predicted molar refractivity (Wildman–Crippen MR) is 72.6 cm³/mol. The molecule has 0 aliphatic carbocycles.